The number of hydrogen-bond acceptors (Lipinski definition) is 3. The van der Waals surface area contributed by atoms with Crippen LogP contribution in [0.2, 0.25) is 0 Å². The first-order valence-electron chi connectivity index (χ1n) is 6.95. The molecule has 114 valence electrons. The van der Waals surface area contributed by atoms with Crippen LogP contribution in [0.3, 0.4) is 0 Å². The number of hydrogen-bond donors (Lipinski definition) is 1. The quantitative estimate of drug-likeness (QED) is 0.626. The van der Waals surface area contributed by atoms with Crippen molar-refractivity contribution in [1.82, 2.24) is 4.98 Å². The van der Waals surface area contributed by atoms with Crippen molar-refractivity contribution in [2.45, 2.75) is 44.9 Å². The number of aromatic nitrogens is 1. The number of aryl methyl sites for hydroxylation is 2. The minimum absolute atomic E-state index is 0.0204. The van der Waals surface area contributed by atoms with Crippen LogP contribution in [0.15, 0.2) is 10.5 Å². The third kappa shape index (κ3) is 3.85. The van der Waals surface area contributed by atoms with Gasteiger partial charge in [-0.05, 0) is 53.4 Å². The van der Waals surface area contributed by atoms with E-state index in [4.69, 9.17) is 0 Å². The van der Waals surface area contributed by atoms with Crippen LogP contribution in [-0.2, 0) is 4.79 Å². The molecule has 1 amide bonds. The average molecular weight is 434 g/mol. The number of nitrogens with one attached hydrogen (secondary N) is 1. The normalized spacial score (nSPS) is 12.6. The highest BCUT2D eigenvalue weighted by Crippen LogP contribution is 2.35. The molecule has 1 heterocycles. The Hall–Kier alpha value is -0.460. The van der Waals surface area contributed by atoms with Crippen molar-refractivity contribution in [2.75, 3.05) is 5.32 Å². The molecule has 0 fully saturated rings. The predicted octanol–water partition coefficient (Wildman–Crippen LogP) is 5.57. The van der Waals surface area contributed by atoms with Gasteiger partial charge in [0.2, 0.25) is 5.91 Å². The van der Waals surface area contributed by atoms with E-state index in [2.05, 4.69) is 69.0 Å². The zero-order valence-corrected chi connectivity index (χ0v) is 16.3. The van der Waals surface area contributed by atoms with Gasteiger partial charge in [-0.25, -0.2) is 4.98 Å². The van der Waals surface area contributed by atoms with E-state index in [9.17, 15) is 4.79 Å². The SMILES string of the molecule is CCCC[C@@H](Br)C(=O)Nc1nc2c(Br)cc(C)c(C)c2s1. The second kappa shape index (κ2) is 7.20. The van der Waals surface area contributed by atoms with E-state index >= 15 is 0 Å². The Bertz CT molecular complexity index is 669. The van der Waals surface area contributed by atoms with Crippen molar-refractivity contribution >= 4 is 64.5 Å². The Kier molecular flexibility index (Phi) is 5.80. The Morgan fingerprint density at radius 2 is 2.19 bits per heavy atom. The Balaban J connectivity index is 2.22. The maximum Gasteiger partial charge on any atom is 0.239 e. The van der Waals surface area contributed by atoms with E-state index in [-0.39, 0.29) is 10.7 Å². The van der Waals surface area contributed by atoms with Gasteiger partial charge in [0.1, 0.15) is 0 Å². The van der Waals surface area contributed by atoms with Gasteiger partial charge in [-0.15, -0.1) is 0 Å². The first kappa shape index (κ1) is 16.9. The number of rotatable bonds is 5. The summed E-state index contributed by atoms with van der Waals surface area (Å²) in [5, 5.41) is 3.57. The number of nitrogens with zero attached hydrogens (tertiary/aromatic N) is 1. The van der Waals surface area contributed by atoms with Crippen molar-refractivity contribution in [3.8, 4) is 0 Å². The summed E-state index contributed by atoms with van der Waals surface area (Å²) >= 11 is 8.52. The smallest absolute Gasteiger partial charge is 0.239 e. The van der Waals surface area contributed by atoms with Gasteiger partial charge in [0, 0.05) is 4.47 Å². The van der Waals surface area contributed by atoms with Crippen LogP contribution in [0.4, 0.5) is 5.13 Å². The summed E-state index contributed by atoms with van der Waals surface area (Å²) in [6.45, 7) is 6.28. The molecule has 0 aliphatic carbocycles. The molecule has 3 nitrogen and oxygen atoms in total. The van der Waals surface area contributed by atoms with E-state index < -0.39 is 0 Å². The van der Waals surface area contributed by atoms with Crippen LogP contribution >= 0.6 is 43.2 Å². The maximum absolute atomic E-state index is 12.1. The summed E-state index contributed by atoms with van der Waals surface area (Å²) < 4.78 is 2.09. The molecule has 0 unspecified atom stereocenters. The van der Waals surface area contributed by atoms with E-state index in [1.807, 2.05) is 0 Å². The summed E-state index contributed by atoms with van der Waals surface area (Å²) in [6, 6.07) is 2.07. The van der Waals surface area contributed by atoms with Crippen molar-refractivity contribution in [3.63, 3.8) is 0 Å². The number of benzene rings is 1. The number of halogens is 2. The van der Waals surface area contributed by atoms with Gasteiger partial charge in [0.05, 0.1) is 15.0 Å². The van der Waals surface area contributed by atoms with E-state index in [0.29, 0.717) is 5.13 Å². The third-order valence-corrected chi connectivity index (χ3v) is 6.02. The lowest BCUT2D eigenvalue weighted by atomic mass is 10.1. The Labute approximate surface area is 145 Å². The van der Waals surface area contributed by atoms with Gasteiger partial charge in [-0.1, -0.05) is 47.0 Å². The fourth-order valence-electron chi connectivity index (χ4n) is 2.03. The van der Waals surface area contributed by atoms with Crippen LogP contribution in [-0.4, -0.2) is 15.7 Å². The molecule has 0 spiro atoms. The number of fused-ring (bicyclic) bond motifs is 1. The molecule has 1 atom stereocenters. The summed E-state index contributed by atoms with van der Waals surface area (Å²) in [5.41, 5.74) is 3.35. The van der Waals surface area contributed by atoms with E-state index in [0.717, 1.165) is 34.0 Å². The fraction of sp³-hybridized carbons (Fsp3) is 0.467. The highest BCUT2D eigenvalue weighted by atomic mass is 79.9. The predicted molar refractivity (Wildman–Crippen MR) is 97.7 cm³/mol. The maximum atomic E-state index is 12.1. The Morgan fingerprint density at radius 3 is 2.86 bits per heavy atom. The minimum Gasteiger partial charge on any atom is -0.301 e. The lowest BCUT2D eigenvalue weighted by Crippen LogP contribution is -2.22. The molecule has 1 aromatic heterocycles. The van der Waals surface area contributed by atoms with Crippen LogP contribution in [0.25, 0.3) is 10.2 Å². The molecule has 0 aliphatic heterocycles. The molecule has 1 N–H and O–H groups in total. The fourth-order valence-corrected chi connectivity index (χ4v) is 4.28. The molecule has 0 saturated carbocycles. The van der Waals surface area contributed by atoms with E-state index in [1.165, 1.54) is 22.5 Å². The van der Waals surface area contributed by atoms with Gasteiger partial charge < -0.3 is 5.32 Å². The second-order valence-electron chi connectivity index (χ2n) is 5.10. The molecule has 21 heavy (non-hydrogen) atoms. The minimum atomic E-state index is -0.157. The lowest BCUT2D eigenvalue weighted by molar-refractivity contribution is -0.115. The molecule has 0 radical (unpaired) electrons. The van der Waals surface area contributed by atoms with Gasteiger partial charge in [0.25, 0.3) is 0 Å². The summed E-state index contributed by atoms with van der Waals surface area (Å²) in [4.78, 5) is 16.5. The summed E-state index contributed by atoms with van der Waals surface area (Å²) in [5.74, 6) is -0.0204. The van der Waals surface area contributed by atoms with Crippen molar-refractivity contribution in [1.29, 1.82) is 0 Å². The highest BCUT2D eigenvalue weighted by molar-refractivity contribution is 9.10. The summed E-state index contributed by atoms with van der Waals surface area (Å²) in [7, 11) is 0. The largest absolute Gasteiger partial charge is 0.301 e. The molecular weight excluding hydrogens is 416 g/mol. The van der Waals surface area contributed by atoms with E-state index in [1.54, 1.807) is 0 Å². The molecule has 0 aliphatic rings. The van der Waals surface area contributed by atoms with Crippen LogP contribution in [0.5, 0.6) is 0 Å². The molecule has 6 heteroatoms. The van der Waals surface area contributed by atoms with Gasteiger partial charge in [0.15, 0.2) is 5.13 Å². The third-order valence-electron chi connectivity index (χ3n) is 3.45. The molecule has 0 saturated heterocycles. The lowest BCUT2D eigenvalue weighted by Gasteiger charge is -2.07. The first-order chi connectivity index (χ1) is 9.93. The number of amides is 1. The molecular formula is C15H18Br2N2OS. The molecule has 2 rings (SSSR count). The standard InChI is InChI=1S/C15H18Br2N2OS/c1-4-5-6-10(16)14(20)19-15-18-12-11(17)7-8(2)9(3)13(12)21-15/h7,10H,4-6H2,1-3H3,(H,18,19,20)/t10-/m1/s1. The number of carbonyl (C=O) groups is 1. The Morgan fingerprint density at radius 1 is 1.48 bits per heavy atom. The average Bonchev–Trinajstić information content (AvgIpc) is 2.86. The van der Waals surface area contributed by atoms with Crippen LogP contribution < -0.4 is 5.32 Å². The zero-order chi connectivity index (χ0) is 15.6. The number of carbonyl (C=O) groups excluding carboxylic acids is 1. The molecule has 1 aromatic carbocycles. The molecule has 2 aromatic rings. The number of unbranched alkanes of at least 4 members (excludes halogenated alkanes) is 1. The topological polar surface area (TPSA) is 42.0 Å². The highest BCUT2D eigenvalue weighted by Gasteiger charge is 2.17. The molecule has 0 bridgehead atoms. The zero-order valence-electron chi connectivity index (χ0n) is 12.3. The van der Waals surface area contributed by atoms with Crippen molar-refractivity contribution < 1.29 is 4.79 Å². The summed E-state index contributed by atoms with van der Waals surface area (Å²) in [6.07, 6.45) is 2.96. The second-order valence-corrected chi connectivity index (χ2v) is 8.05. The van der Waals surface area contributed by atoms with Crippen molar-refractivity contribution in [3.05, 3.63) is 21.7 Å². The number of anilines is 1. The monoisotopic (exact) mass is 432 g/mol. The number of thiazole rings is 1. The number of alkyl halides is 1. The van der Waals surface area contributed by atoms with Gasteiger partial charge >= 0.3 is 0 Å². The van der Waals surface area contributed by atoms with Gasteiger partial charge in [-0.2, -0.15) is 0 Å². The first-order valence-corrected chi connectivity index (χ1v) is 9.47. The van der Waals surface area contributed by atoms with Crippen molar-refractivity contribution in [2.24, 2.45) is 0 Å². The van der Waals surface area contributed by atoms with Crippen LogP contribution in [0.1, 0.15) is 37.3 Å². The van der Waals surface area contributed by atoms with Crippen LogP contribution in [0, 0.1) is 13.8 Å². The van der Waals surface area contributed by atoms with Gasteiger partial charge in [-0.3, -0.25) is 4.79 Å².